The van der Waals surface area contributed by atoms with Gasteiger partial charge in [0.1, 0.15) is 36.1 Å². The Kier molecular flexibility index (Phi) is 5.32. The fourth-order valence-electron chi connectivity index (χ4n) is 1.83. The van der Waals surface area contributed by atoms with Crippen molar-refractivity contribution in [2.45, 2.75) is 20.0 Å². The van der Waals surface area contributed by atoms with Crippen molar-refractivity contribution in [3.05, 3.63) is 48.5 Å². The van der Waals surface area contributed by atoms with Gasteiger partial charge in [-0.05, 0) is 38.1 Å². The Hall–Kier alpha value is -2.36. The van der Waals surface area contributed by atoms with E-state index in [0.717, 1.165) is 5.75 Å². The minimum absolute atomic E-state index is 0.0731. The topological polar surface area (TPSA) is 53.7 Å². The molecule has 0 bridgehead atoms. The molecule has 0 aliphatic carbocycles. The zero-order valence-corrected chi connectivity index (χ0v) is 12.4. The van der Waals surface area contributed by atoms with Crippen molar-refractivity contribution in [2.24, 2.45) is 0 Å². The molecule has 0 aliphatic rings. The van der Waals surface area contributed by atoms with E-state index in [4.69, 9.17) is 19.9 Å². The first-order chi connectivity index (χ1) is 10.2. The fourth-order valence-corrected chi connectivity index (χ4v) is 1.83. The molecule has 0 saturated carbocycles. The summed E-state index contributed by atoms with van der Waals surface area (Å²) >= 11 is 0. The number of nitrogens with two attached hydrogens (primary N) is 1. The number of ether oxygens (including phenoxy) is 3. The maximum absolute atomic E-state index is 6.03. The van der Waals surface area contributed by atoms with Crippen LogP contribution in [0.15, 0.2) is 48.5 Å². The first-order valence-electron chi connectivity index (χ1n) is 7.02. The van der Waals surface area contributed by atoms with Crippen molar-refractivity contribution in [1.82, 2.24) is 0 Å². The average molecular weight is 287 g/mol. The monoisotopic (exact) mass is 287 g/mol. The molecule has 4 nitrogen and oxygen atoms in total. The van der Waals surface area contributed by atoms with Crippen LogP contribution >= 0.6 is 0 Å². The number of hydrogen-bond donors (Lipinski definition) is 1. The minimum Gasteiger partial charge on any atom is -0.490 e. The van der Waals surface area contributed by atoms with E-state index in [2.05, 4.69) is 0 Å². The molecule has 2 aromatic rings. The fraction of sp³-hybridized carbons (Fsp3) is 0.294. The van der Waals surface area contributed by atoms with Crippen LogP contribution in [-0.2, 0) is 0 Å². The first-order valence-corrected chi connectivity index (χ1v) is 7.02. The Morgan fingerprint density at radius 1 is 0.857 bits per heavy atom. The third-order valence-electron chi connectivity index (χ3n) is 2.74. The number of rotatable bonds is 7. The number of hydrogen-bond acceptors (Lipinski definition) is 4. The highest BCUT2D eigenvalue weighted by Crippen LogP contribution is 2.31. The van der Waals surface area contributed by atoms with Crippen LogP contribution in [0.5, 0.6) is 17.2 Å². The third-order valence-corrected chi connectivity index (χ3v) is 2.74. The Morgan fingerprint density at radius 2 is 1.52 bits per heavy atom. The molecule has 2 N–H and O–H groups in total. The van der Waals surface area contributed by atoms with Gasteiger partial charge in [0, 0.05) is 0 Å². The van der Waals surface area contributed by atoms with E-state index >= 15 is 0 Å². The van der Waals surface area contributed by atoms with Gasteiger partial charge in [-0.1, -0.05) is 24.3 Å². The van der Waals surface area contributed by atoms with Crippen LogP contribution in [0.1, 0.15) is 13.8 Å². The van der Waals surface area contributed by atoms with Crippen molar-refractivity contribution < 1.29 is 14.2 Å². The van der Waals surface area contributed by atoms with E-state index in [-0.39, 0.29) is 6.10 Å². The quantitative estimate of drug-likeness (QED) is 0.625. The standard InChI is InChI=1S/C17H21NO3/c1-13(2)21-16-10-6-9-15(17(16)18)20-12-11-19-14-7-4-3-5-8-14/h3-10,13H,11-12,18H2,1-2H3. The molecule has 0 aliphatic heterocycles. The number of anilines is 1. The van der Waals surface area contributed by atoms with Crippen molar-refractivity contribution in [3.8, 4) is 17.2 Å². The normalized spacial score (nSPS) is 10.4. The van der Waals surface area contributed by atoms with Gasteiger partial charge in [0.15, 0.2) is 0 Å². The predicted octanol–water partition coefficient (Wildman–Crippen LogP) is 3.51. The summed E-state index contributed by atoms with van der Waals surface area (Å²) in [6.07, 6.45) is 0.0731. The number of nitrogen functional groups attached to an aromatic ring is 1. The van der Waals surface area contributed by atoms with Crippen LogP contribution in [0.25, 0.3) is 0 Å². The first kappa shape index (κ1) is 15.0. The van der Waals surface area contributed by atoms with Crippen LogP contribution in [0.2, 0.25) is 0 Å². The number of para-hydroxylation sites is 2. The largest absolute Gasteiger partial charge is 0.490 e. The Bertz CT molecular complexity index is 555. The van der Waals surface area contributed by atoms with E-state index in [1.54, 1.807) is 0 Å². The lowest BCUT2D eigenvalue weighted by atomic mass is 10.2. The van der Waals surface area contributed by atoms with Gasteiger partial charge >= 0.3 is 0 Å². The Balaban J connectivity index is 1.85. The smallest absolute Gasteiger partial charge is 0.146 e. The van der Waals surface area contributed by atoms with Gasteiger partial charge in [0.25, 0.3) is 0 Å². The summed E-state index contributed by atoms with van der Waals surface area (Å²) < 4.78 is 16.8. The molecule has 0 amide bonds. The second-order valence-electron chi connectivity index (χ2n) is 4.84. The van der Waals surface area contributed by atoms with E-state index in [0.29, 0.717) is 30.4 Å². The van der Waals surface area contributed by atoms with E-state index in [9.17, 15) is 0 Å². The molecule has 112 valence electrons. The van der Waals surface area contributed by atoms with Crippen LogP contribution in [0, 0.1) is 0 Å². The zero-order valence-electron chi connectivity index (χ0n) is 12.4. The van der Waals surface area contributed by atoms with Gasteiger partial charge in [-0.15, -0.1) is 0 Å². The second kappa shape index (κ2) is 7.43. The molecule has 0 heterocycles. The van der Waals surface area contributed by atoms with Gasteiger partial charge in [-0.2, -0.15) is 0 Å². The Labute approximate surface area is 125 Å². The highest BCUT2D eigenvalue weighted by molar-refractivity contribution is 5.62. The summed E-state index contributed by atoms with van der Waals surface area (Å²) in [5, 5.41) is 0. The summed E-state index contributed by atoms with van der Waals surface area (Å²) in [6, 6.07) is 15.2. The molecular weight excluding hydrogens is 266 g/mol. The number of benzene rings is 2. The molecular formula is C17H21NO3. The van der Waals surface area contributed by atoms with E-state index in [1.807, 2.05) is 62.4 Å². The van der Waals surface area contributed by atoms with Crippen LogP contribution < -0.4 is 19.9 Å². The second-order valence-corrected chi connectivity index (χ2v) is 4.84. The zero-order chi connectivity index (χ0) is 15.1. The molecule has 0 saturated heterocycles. The summed E-state index contributed by atoms with van der Waals surface area (Å²) in [6.45, 7) is 4.80. The summed E-state index contributed by atoms with van der Waals surface area (Å²) in [5.74, 6) is 2.09. The van der Waals surface area contributed by atoms with Gasteiger partial charge in [-0.25, -0.2) is 0 Å². The third kappa shape index (κ3) is 4.60. The van der Waals surface area contributed by atoms with Crippen molar-refractivity contribution in [2.75, 3.05) is 18.9 Å². The predicted molar refractivity (Wildman–Crippen MR) is 84.1 cm³/mol. The highest BCUT2D eigenvalue weighted by atomic mass is 16.5. The van der Waals surface area contributed by atoms with Gasteiger partial charge in [0.2, 0.25) is 0 Å². The average Bonchev–Trinajstić information content (AvgIpc) is 2.48. The van der Waals surface area contributed by atoms with E-state index in [1.165, 1.54) is 0 Å². The van der Waals surface area contributed by atoms with Crippen LogP contribution in [0.3, 0.4) is 0 Å². The van der Waals surface area contributed by atoms with E-state index < -0.39 is 0 Å². The maximum atomic E-state index is 6.03. The minimum atomic E-state index is 0.0731. The van der Waals surface area contributed by atoms with Crippen molar-refractivity contribution >= 4 is 5.69 Å². The molecule has 0 fully saturated rings. The van der Waals surface area contributed by atoms with Gasteiger partial charge in [0.05, 0.1) is 6.10 Å². The maximum Gasteiger partial charge on any atom is 0.146 e. The Morgan fingerprint density at radius 3 is 2.24 bits per heavy atom. The molecule has 0 unspecified atom stereocenters. The summed E-state index contributed by atoms with van der Waals surface area (Å²) in [7, 11) is 0. The molecule has 0 atom stereocenters. The lowest BCUT2D eigenvalue weighted by Crippen LogP contribution is -2.11. The summed E-state index contributed by atoms with van der Waals surface area (Å²) in [5.41, 5.74) is 6.55. The molecule has 0 aromatic heterocycles. The molecule has 2 rings (SSSR count). The van der Waals surface area contributed by atoms with Gasteiger partial charge < -0.3 is 19.9 Å². The molecule has 4 heteroatoms. The molecule has 0 spiro atoms. The SMILES string of the molecule is CC(C)Oc1cccc(OCCOc2ccccc2)c1N. The lowest BCUT2D eigenvalue weighted by molar-refractivity contribution is 0.215. The summed E-state index contributed by atoms with van der Waals surface area (Å²) in [4.78, 5) is 0. The lowest BCUT2D eigenvalue weighted by Gasteiger charge is -2.15. The molecule has 0 radical (unpaired) electrons. The van der Waals surface area contributed by atoms with Crippen LogP contribution in [-0.4, -0.2) is 19.3 Å². The van der Waals surface area contributed by atoms with Crippen molar-refractivity contribution in [3.63, 3.8) is 0 Å². The highest BCUT2D eigenvalue weighted by Gasteiger charge is 2.08. The molecule has 2 aromatic carbocycles. The van der Waals surface area contributed by atoms with Crippen molar-refractivity contribution in [1.29, 1.82) is 0 Å². The van der Waals surface area contributed by atoms with Gasteiger partial charge in [-0.3, -0.25) is 0 Å². The molecule has 21 heavy (non-hydrogen) atoms. The van der Waals surface area contributed by atoms with Crippen LogP contribution in [0.4, 0.5) is 5.69 Å².